The van der Waals surface area contributed by atoms with Crippen molar-refractivity contribution in [2.75, 3.05) is 13.7 Å². The zero-order chi connectivity index (χ0) is 20.4. The van der Waals surface area contributed by atoms with E-state index in [0.29, 0.717) is 18.5 Å². The van der Waals surface area contributed by atoms with Gasteiger partial charge in [-0.2, -0.15) is 0 Å². The summed E-state index contributed by atoms with van der Waals surface area (Å²) in [5, 5.41) is 4.52. The van der Waals surface area contributed by atoms with Gasteiger partial charge in [-0.3, -0.25) is 9.36 Å². The molecule has 1 N–H and O–H groups in total. The van der Waals surface area contributed by atoms with E-state index in [2.05, 4.69) is 30.2 Å². The Bertz CT molecular complexity index is 1050. The van der Waals surface area contributed by atoms with E-state index in [1.165, 1.54) is 10.4 Å². The number of hydrogen-bond acceptors (Lipinski definition) is 5. The van der Waals surface area contributed by atoms with E-state index >= 15 is 0 Å². The van der Waals surface area contributed by atoms with E-state index in [1.54, 1.807) is 29.3 Å². The summed E-state index contributed by atoms with van der Waals surface area (Å²) < 4.78 is 7.06. The van der Waals surface area contributed by atoms with E-state index in [-0.39, 0.29) is 5.56 Å². The molecule has 2 aromatic heterocycles. The number of nitrogens with zero attached hydrogens (tertiary/aromatic N) is 2. The summed E-state index contributed by atoms with van der Waals surface area (Å²) in [6, 6.07) is 8.51. The molecule has 6 heteroatoms. The van der Waals surface area contributed by atoms with Gasteiger partial charge in [-0.15, -0.1) is 11.3 Å². The second-order valence-corrected chi connectivity index (χ2v) is 9.35. The minimum absolute atomic E-state index is 0.101. The van der Waals surface area contributed by atoms with E-state index in [1.807, 2.05) is 18.2 Å². The predicted octanol–water partition coefficient (Wildman–Crippen LogP) is 3.81. The summed E-state index contributed by atoms with van der Waals surface area (Å²) in [6.45, 7) is 6.13. The van der Waals surface area contributed by atoms with Gasteiger partial charge in [0.1, 0.15) is 10.6 Å². The first-order valence-electron chi connectivity index (χ1n) is 10.4. The molecule has 0 fully saturated rings. The number of hydrogen-bond donors (Lipinski definition) is 1. The first-order chi connectivity index (χ1) is 14.0. The molecule has 5 nitrogen and oxygen atoms in total. The van der Waals surface area contributed by atoms with Crippen LogP contribution in [0.15, 0.2) is 35.4 Å². The number of benzene rings is 1. The van der Waals surface area contributed by atoms with Crippen molar-refractivity contribution in [1.29, 1.82) is 0 Å². The number of aromatic nitrogens is 2. The van der Waals surface area contributed by atoms with E-state index in [9.17, 15) is 4.79 Å². The highest BCUT2D eigenvalue weighted by Gasteiger charge is 2.25. The molecule has 4 rings (SSSR count). The first-order valence-corrected chi connectivity index (χ1v) is 11.2. The fraction of sp³-hybridized carbons (Fsp3) is 0.478. The largest absolute Gasteiger partial charge is 0.497 e. The summed E-state index contributed by atoms with van der Waals surface area (Å²) in [4.78, 5) is 20.0. The Balaban J connectivity index is 1.54. The minimum atomic E-state index is 0.101. The smallest absolute Gasteiger partial charge is 0.262 e. The van der Waals surface area contributed by atoms with Gasteiger partial charge in [0.05, 0.1) is 18.8 Å². The van der Waals surface area contributed by atoms with Crippen molar-refractivity contribution in [3.05, 3.63) is 57.0 Å². The fourth-order valence-corrected chi connectivity index (χ4v) is 5.27. The van der Waals surface area contributed by atoms with Gasteiger partial charge in [0, 0.05) is 17.5 Å². The number of aryl methyl sites for hydroxylation is 3. The highest BCUT2D eigenvalue weighted by atomic mass is 32.1. The molecule has 0 aliphatic heterocycles. The van der Waals surface area contributed by atoms with Crippen LogP contribution < -0.4 is 15.6 Å². The van der Waals surface area contributed by atoms with Gasteiger partial charge in [-0.05, 0) is 61.4 Å². The summed E-state index contributed by atoms with van der Waals surface area (Å²) in [5.41, 5.74) is 2.49. The Morgan fingerprint density at radius 1 is 1.38 bits per heavy atom. The van der Waals surface area contributed by atoms with Crippen LogP contribution in [0, 0.1) is 5.92 Å². The lowest BCUT2D eigenvalue weighted by Crippen LogP contribution is -2.36. The van der Waals surface area contributed by atoms with E-state index in [4.69, 9.17) is 4.74 Å². The third-order valence-corrected chi connectivity index (χ3v) is 6.79. The third kappa shape index (κ3) is 4.38. The Hall–Kier alpha value is -2.18. The van der Waals surface area contributed by atoms with Crippen LogP contribution in [-0.2, 0) is 25.8 Å². The van der Waals surface area contributed by atoms with Crippen molar-refractivity contribution in [2.24, 2.45) is 5.92 Å². The summed E-state index contributed by atoms with van der Waals surface area (Å²) in [5.74, 6) is 1.49. The zero-order valence-electron chi connectivity index (χ0n) is 17.4. The molecule has 154 valence electrons. The second kappa shape index (κ2) is 8.67. The highest BCUT2D eigenvalue weighted by molar-refractivity contribution is 7.18. The summed E-state index contributed by atoms with van der Waals surface area (Å²) >= 11 is 1.70. The first kappa shape index (κ1) is 20.1. The normalized spacial score (nSPS) is 16.3. The van der Waals surface area contributed by atoms with Gasteiger partial charge in [-0.1, -0.05) is 26.0 Å². The molecule has 1 unspecified atom stereocenters. The molecule has 0 spiro atoms. The number of fused-ring (bicyclic) bond motifs is 3. The molecule has 0 saturated carbocycles. The molecule has 0 amide bonds. The van der Waals surface area contributed by atoms with Crippen molar-refractivity contribution in [3.63, 3.8) is 0 Å². The van der Waals surface area contributed by atoms with Crippen LogP contribution in [0.25, 0.3) is 10.2 Å². The molecular formula is C23H29N3O2S. The van der Waals surface area contributed by atoms with Gasteiger partial charge in [-0.25, -0.2) is 4.98 Å². The molecule has 2 heterocycles. The van der Waals surface area contributed by atoms with E-state index < -0.39 is 0 Å². The van der Waals surface area contributed by atoms with Crippen molar-refractivity contribution < 1.29 is 4.74 Å². The van der Waals surface area contributed by atoms with Gasteiger partial charge in [0.25, 0.3) is 5.56 Å². The average molecular weight is 412 g/mol. The lowest BCUT2D eigenvalue weighted by atomic mass is 9.93. The Morgan fingerprint density at radius 2 is 2.24 bits per heavy atom. The standard InChI is InChI=1S/C23H29N3O2S/c1-15(2)13-24-17-7-8-19-20(12-17)29-22-21(19)23(27)26(14-25-22)10-9-16-5-4-6-18(11-16)28-3/h4-6,11,14-15,17,24H,7-10,12-13H2,1-3H3. The number of ether oxygens (including phenoxy) is 1. The molecule has 1 aromatic carbocycles. The lowest BCUT2D eigenvalue weighted by molar-refractivity contribution is 0.414. The Kier molecular flexibility index (Phi) is 6.01. The number of thiophene rings is 1. The van der Waals surface area contributed by atoms with Gasteiger partial charge in [0.15, 0.2) is 0 Å². The molecule has 1 atom stereocenters. The van der Waals surface area contributed by atoms with Crippen LogP contribution >= 0.6 is 11.3 Å². The molecule has 1 aliphatic rings. The lowest BCUT2D eigenvalue weighted by Gasteiger charge is -2.24. The van der Waals surface area contributed by atoms with Crippen LogP contribution in [0.2, 0.25) is 0 Å². The van der Waals surface area contributed by atoms with E-state index in [0.717, 1.165) is 53.8 Å². The Labute approximate surface area is 175 Å². The SMILES string of the molecule is COc1cccc(CCn2cnc3sc4c(c3c2=O)CCC(NCC(C)C)C4)c1. The topological polar surface area (TPSA) is 56.2 Å². The number of nitrogens with one attached hydrogen (secondary N) is 1. The van der Waals surface area contributed by atoms with Gasteiger partial charge >= 0.3 is 0 Å². The average Bonchev–Trinajstić information content (AvgIpc) is 3.10. The quantitative estimate of drug-likeness (QED) is 0.642. The Morgan fingerprint density at radius 3 is 3.03 bits per heavy atom. The van der Waals surface area contributed by atoms with Crippen molar-refractivity contribution >= 4 is 21.6 Å². The van der Waals surface area contributed by atoms with Crippen LogP contribution in [0.4, 0.5) is 0 Å². The summed E-state index contributed by atoms with van der Waals surface area (Å²) in [7, 11) is 1.67. The van der Waals surface area contributed by atoms with Gasteiger partial charge in [0.2, 0.25) is 0 Å². The van der Waals surface area contributed by atoms with Crippen molar-refractivity contribution in [2.45, 2.75) is 52.1 Å². The molecule has 29 heavy (non-hydrogen) atoms. The number of methoxy groups -OCH3 is 1. The van der Waals surface area contributed by atoms with Crippen LogP contribution in [0.5, 0.6) is 5.75 Å². The van der Waals surface area contributed by atoms with Crippen molar-refractivity contribution in [3.8, 4) is 5.75 Å². The molecule has 1 aliphatic carbocycles. The predicted molar refractivity (Wildman–Crippen MR) is 119 cm³/mol. The molecule has 0 saturated heterocycles. The molecule has 0 bridgehead atoms. The number of rotatable bonds is 7. The van der Waals surface area contributed by atoms with Crippen LogP contribution in [0.3, 0.4) is 0 Å². The second-order valence-electron chi connectivity index (χ2n) is 8.27. The molecular weight excluding hydrogens is 382 g/mol. The molecule has 0 radical (unpaired) electrons. The van der Waals surface area contributed by atoms with Crippen LogP contribution in [-0.4, -0.2) is 29.2 Å². The maximum absolute atomic E-state index is 13.2. The maximum atomic E-state index is 13.2. The minimum Gasteiger partial charge on any atom is -0.497 e. The van der Waals surface area contributed by atoms with Crippen LogP contribution in [0.1, 0.15) is 36.3 Å². The fourth-order valence-electron chi connectivity index (χ4n) is 4.01. The van der Waals surface area contributed by atoms with Crippen molar-refractivity contribution in [1.82, 2.24) is 14.9 Å². The molecule has 3 aromatic rings. The monoisotopic (exact) mass is 411 g/mol. The third-order valence-electron chi connectivity index (χ3n) is 5.63. The summed E-state index contributed by atoms with van der Waals surface area (Å²) in [6.07, 6.45) is 5.54. The van der Waals surface area contributed by atoms with Gasteiger partial charge < -0.3 is 10.1 Å². The zero-order valence-corrected chi connectivity index (χ0v) is 18.2. The highest BCUT2D eigenvalue weighted by Crippen LogP contribution is 2.33. The maximum Gasteiger partial charge on any atom is 0.262 e.